The van der Waals surface area contributed by atoms with E-state index in [2.05, 4.69) is 5.32 Å². The molecule has 3 aromatic carbocycles. The molecule has 33 heavy (non-hydrogen) atoms. The Hall–Kier alpha value is -3.60. The Morgan fingerprint density at radius 3 is 1.85 bits per heavy atom. The molecule has 0 fully saturated rings. The average Bonchev–Trinajstić information content (AvgIpc) is 2.80. The van der Waals surface area contributed by atoms with Crippen LogP contribution in [0, 0.1) is 5.92 Å². The first-order valence-corrected chi connectivity index (χ1v) is 11.3. The third-order valence-electron chi connectivity index (χ3n) is 5.60. The van der Waals surface area contributed by atoms with E-state index in [1.807, 2.05) is 118 Å². The summed E-state index contributed by atoms with van der Waals surface area (Å²) in [6, 6.07) is 26.6. The molecule has 5 nitrogen and oxygen atoms in total. The van der Waals surface area contributed by atoms with E-state index < -0.39 is 6.04 Å². The number of anilines is 2. The molecule has 0 heterocycles. The van der Waals surface area contributed by atoms with Crippen molar-refractivity contribution in [3.63, 3.8) is 0 Å². The van der Waals surface area contributed by atoms with Crippen LogP contribution in [0.2, 0.25) is 0 Å². The van der Waals surface area contributed by atoms with Gasteiger partial charge in [-0.2, -0.15) is 0 Å². The van der Waals surface area contributed by atoms with Crippen LogP contribution in [0.4, 0.5) is 11.4 Å². The molecule has 2 amide bonds. The number of amides is 2. The molecule has 0 aromatic heterocycles. The fourth-order valence-electron chi connectivity index (χ4n) is 3.86. The smallest absolute Gasteiger partial charge is 0.247 e. The van der Waals surface area contributed by atoms with Crippen molar-refractivity contribution in [3.05, 3.63) is 96.1 Å². The maximum Gasteiger partial charge on any atom is 0.247 e. The van der Waals surface area contributed by atoms with Crippen LogP contribution in [0.15, 0.2) is 84.9 Å². The van der Waals surface area contributed by atoms with Crippen LogP contribution in [0.3, 0.4) is 0 Å². The van der Waals surface area contributed by atoms with Gasteiger partial charge in [-0.3, -0.25) is 9.59 Å². The molecule has 5 heteroatoms. The fraction of sp³-hybridized carbons (Fsp3) is 0.286. The first-order chi connectivity index (χ1) is 15.8. The molecule has 0 aliphatic rings. The lowest BCUT2D eigenvalue weighted by Gasteiger charge is -2.34. The molecular formula is C28H33N3O2. The van der Waals surface area contributed by atoms with E-state index in [4.69, 9.17) is 0 Å². The van der Waals surface area contributed by atoms with Crippen molar-refractivity contribution in [1.29, 1.82) is 0 Å². The topological polar surface area (TPSA) is 52.7 Å². The molecule has 0 aliphatic carbocycles. The van der Waals surface area contributed by atoms with E-state index in [0.717, 1.165) is 16.8 Å². The van der Waals surface area contributed by atoms with Gasteiger partial charge in [0.1, 0.15) is 6.04 Å². The minimum atomic E-state index is -0.602. The van der Waals surface area contributed by atoms with Crippen molar-refractivity contribution >= 4 is 23.2 Å². The summed E-state index contributed by atoms with van der Waals surface area (Å²) < 4.78 is 0. The number of hydrogen-bond acceptors (Lipinski definition) is 3. The van der Waals surface area contributed by atoms with E-state index in [0.29, 0.717) is 12.2 Å². The van der Waals surface area contributed by atoms with Gasteiger partial charge < -0.3 is 15.1 Å². The second-order valence-corrected chi connectivity index (χ2v) is 8.79. The monoisotopic (exact) mass is 443 g/mol. The molecule has 0 bridgehead atoms. The largest absolute Gasteiger partial charge is 0.378 e. The van der Waals surface area contributed by atoms with E-state index >= 15 is 0 Å². The quantitative estimate of drug-likeness (QED) is 0.507. The second-order valence-electron chi connectivity index (χ2n) is 8.79. The highest BCUT2D eigenvalue weighted by Crippen LogP contribution is 2.21. The van der Waals surface area contributed by atoms with Crippen LogP contribution in [0.5, 0.6) is 0 Å². The summed E-state index contributed by atoms with van der Waals surface area (Å²) in [7, 11) is 3.95. The Balaban J connectivity index is 1.86. The van der Waals surface area contributed by atoms with Crippen molar-refractivity contribution in [2.45, 2.75) is 32.9 Å². The van der Waals surface area contributed by atoms with Gasteiger partial charge in [0.15, 0.2) is 0 Å². The molecule has 0 aliphatic heterocycles. The van der Waals surface area contributed by atoms with Gasteiger partial charge in [0.2, 0.25) is 11.8 Å². The molecule has 0 saturated carbocycles. The van der Waals surface area contributed by atoms with E-state index in [1.165, 1.54) is 0 Å². The Bertz CT molecular complexity index is 1030. The second kappa shape index (κ2) is 11.3. The summed E-state index contributed by atoms with van der Waals surface area (Å²) in [5.74, 6) is -0.309. The van der Waals surface area contributed by atoms with Crippen molar-refractivity contribution in [3.8, 4) is 0 Å². The lowest BCUT2D eigenvalue weighted by Crippen LogP contribution is -2.50. The SMILES string of the molecule is CC(C)C(C(=O)Nc1ccc(N(C)C)cc1)N(Cc1ccccc1)C(=O)Cc1ccccc1. The Morgan fingerprint density at radius 1 is 0.788 bits per heavy atom. The average molecular weight is 444 g/mol. The third-order valence-corrected chi connectivity index (χ3v) is 5.60. The van der Waals surface area contributed by atoms with Gasteiger partial charge in [-0.1, -0.05) is 74.5 Å². The number of carbonyl (C=O) groups excluding carboxylic acids is 2. The number of benzene rings is 3. The van der Waals surface area contributed by atoms with Gasteiger partial charge in [-0.25, -0.2) is 0 Å². The van der Waals surface area contributed by atoms with Crippen molar-refractivity contribution < 1.29 is 9.59 Å². The molecule has 3 aromatic rings. The van der Waals surface area contributed by atoms with Crippen LogP contribution in [-0.4, -0.2) is 36.9 Å². The normalized spacial score (nSPS) is 11.7. The Labute approximate surface area is 197 Å². The third kappa shape index (κ3) is 6.69. The zero-order chi connectivity index (χ0) is 23.8. The van der Waals surface area contributed by atoms with Crippen LogP contribution in [0.1, 0.15) is 25.0 Å². The van der Waals surface area contributed by atoms with E-state index in [9.17, 15) is 9.59 Å². The first kappa shape index (κ1) is 24.1. The summed E-state index contributed by atoms with van der Waals surface area (Å²) in [4.78, 5) is 30.7. The molecule has 1 unspecified atom stereocenters. The van der Waals surface area contributed by atoms with Crippen LogP contribution in [-0.2, 0) is 22.6 Å². The first-order valence-electron chi connectivity index (χ1n) is 11.3. The maximum absolute atomic E-state index is 13.5. The molecule has 0 radical (unpaired) electrons. The van der Waals surface area contributed by atoms with Crippen LogP contribution >= 0.6 is 0 Å². The number of nitrogens with one attached hydrogen (secondary N) is 1. The summed E-state index contributed by atoms with van der Waals surface area (Å²) in [6.45, 7) is 4.34. The summed E-state index contributed by atoms with van der Waals surface area (Å²) in [6.07, 6.45) is 0.252. The lowest BCUT2D eigenvalue weighted by molar-refractivity contribution is -0.140. The number of nitrogens with zero attached hydrogens (tertiary/aromatic N) is 2. The van der Waals surface area contributed by atoms with Crippen LogP contribution < -0.4 is 10.2 Å². The lowest BCUT2D eigenvalue weighted by atomic mass is 9.99. The maximum atomic E-state index is 13.5. The summed E-state index contributed by atoms with van der Waals surface area (Å²) in [5.41, 5.74) is 3.69. The number of hydrogen-bond donors (Lipinski definition) is 1. The molecule has 3 rings (SSSR count). The standard InChI is InChI=1S/C28H33N3O2/c1-21(2)27(28(33)29-24-15-17-25(18-16-24)30(3)4)31(20-23-13-9-6-10-14-23)26(32)19-22-11-7-5-8-12-22/h5-18,21,27H,19-20H2,1-4H3,(H,29,33). The van der Waals surface area contributed by atoms with Crippen LogP contribution in [0.25, 0.3) is 0 Å². The minimum absolute atomic E-state index is 0.0607. The van der Waals surface area contributed by atoms with Gasteiger partial charge >= 0.3 is 0 Å². The molecule has 0 saturated heterocycles. The van der Waals surface area contributed by atoms with Crippen molar-refractivity contribution in [2.24, 2.45) is 5.92 Å². The zero-order valence-electron chi connectivity index (χ0n) is 19.9. The highest BCUT2D eigenvalue weighted by Gasteiger charge is 2.32. The van der Waals surface area contributed by atoms with Crippen molar-refractivity contribution in [2.75, 3.05) is 24.3 Å². The van der Waals surface area contributed by atoms with Gasteiger partial charge in [-0.15, -0.1) is 0 Å². The predicted molar refractivity (Wildman–Crippen MR) is 135 cm³/mol. The summed E-state index contributed by atoms with van der Waals surface area (Å²) >= 11 is 0. The Morgan fingerprint density at radius 2 is 1.33 bits per heavy atom. The fourth-order valence-corrected chi connectivity index (χ4v) is 3.86. The van der Waals surface area contributed by atoms with Crippen molar-refractivity contribution in [1.82, 2.24) is 4.90 Å². The number of rotatable bonds is 9. The van der Waals surface area contributed by atoms with E-state index in [-0.39, 0.29) is 24.2 Å². The van der Waals surface area contributed by atoms with E-state index in [1.54, 1.807) is 4.90 Å². The Kier molecular flexibility index (Phi) is 8.25. The molecular weight excluding hydrogens is 410 g/mol. The summed E-state index contributed by atoms with van der Waals surface area (Å²) in [5, 5.41) is 3.02. The van der Waals surface area contributed by atoms with Gasteiger partial charge in [0.05, 0.1) is 6.42 Å². The predicted octanol–water partition coefficient (Wildman–Crippen LogP) is 4.99. The highest BCUT2D eigenvalue weighted by atomic mass is 16.2. The zero-order valence-corrected chi connectivity index (χ0v) is 19.9. The van der Waals surface area contributed by atoms with Gasteiger partial charge in [0.25, 0.3) is 0 Å². The molecule has 1 atom stereocenters. The minimum Gasteiger partial charge on any atom is -0.378 e. The molecule has 0 spiro atoms. The molecule has 172 valence electrons. The molecule has 1 N–H and O–H groups in total. The van der Waals surface area contributed by atoms with Gasteiger partial charge in [0, 0.05) is 32.0 Å². The number of carbonyl (C=O) groups is 2. The highest BCUT2D eigenvalue weighted by molar-refractivity contribution is 5.97. The van der Waals surface area contributed by atoms with Gasteiger partial charge in [-0.05, 0) is 41.3 Å².